The predicted octanol–water partition coefficient (Wildman–Crippen LogP) is 5.00. The van der Waals surface area contributed by atoms with Crippen LogP contribution < -0.4 is 0 Å². The number of unbranched alkanes of at least 4 members (excludes halogenated alkanes) is 5. The maximum Gasteiger partial charge on any atom is -0.0142 e. The molecule has 78 valence electrons. The van der Waals surface area contributed by atoms with E-state index in [0.717, 1.165) is 0 Å². The first-order valence-corrected chi connectivity index (χ1v) is 6.78. The zero-order valence-electron chi connectivity index (χ0n) is 9.44. The highest BCUT2D eigenvalue weighted by Gasteiger charge is 1.91. The van der Waals surface area contributed by atoms with E-state index in [0.29, 0.717) is 0 Å². The molecule has 0 fully saturated rings. The van der Waals surface area contributed by atoms with Crippen LogP contribution in [-0.4, -0.2) is 6.26 Å². The van der Waals surface area contributed by atoms with Gasteiger partial charge in [0.1, 0.15) is 0 Å². The third kappa shape index (κ3) is 10.0. The van der Waals surface area contributed by atoms with Crippen molar-refractivity contribution in [1.82, 2.24) is 0 Å². The highest BCUT2D eigenvalue weighted by molar-refractivity contribution is 8.01. The van der Waals surface area contributed by atoms with E-state index in [-0.39, 0.29) is 0 Å². The van der Waals surface area contributed by atoms with Crippen LogP contribution in [0.5, 0.6) is 0 Å². The molecule has 13 heavy (non-hydrogen) atoms. The second kappa shape index (κ2) is 10.2. The van der Waals surface area contributed by atoms with E-state index in [2.05, 4.69) is 25.5 Å². The van der Waals surface area contributed by atoms with E-state index in [1.807, 2.05) is 11.8 Å². The average Bonchev–Trinajstić information content (AvgIpc) is 2.11. The first-order chi connectivity index (χ1) is 6.31. The molecule has 0 aromatic rings. The van der Waals surface area contributed by atoms with Gasteiger partial charge >= 0.3 is 0 Å². The lowest BCUT2D eigenvalue weighted by Crippen LogP contribution is -1.80. The molecule has 0 aliphatic carbocycles. The molecule has 0 aromatic carbocycles. The topological polar surface area (TPSA) is 0 Å². The van der Waals surface area contributed by atoms with E-state index >= 15 is 0 Å². The molecule has 0 radical (unpaired) electrons. The summed E-state index contributed by atoms with van der Waals surface area (Å²) < 4.78 is 0. The van der Waals surface area contributed by atoms with E-state index in [9.17, 15) is 0 Å². The van der Waals surface area contributed by atoms with Gasteiger partial charge in [0.15, 0.2) is 0 Å². The summed E-state index contributed by atoms with van der Waals surface area (Å²) in [6.07, 6.45) is 11.9. The fourth-order valence-corrected chi connectivity index (χ4v) is 1.96. The van der Waals surface area contributed by atoms with E-state index in [1.165, 1.54) is 44.9 Å². The standard InChI is InChI=1S/C12H24S/c1-4-5-6-7-8-9-10-12(2)11-13-3/h11H,4-10H2,1-3H3/b12-11+. The molecule has 0 unspecified atom stereocenters. The Morgan fingerprint density at radius 1 is 1.08 bits per heavy atom. The molecular formula is C12H24S. The molecule has 0 amide bonds. The highest BCUT2D eigenvalue weighted by Crippen LogP contribution is 2.13. The zero-order chi connectivity index (χ0) is 9.94. The molecule has 0 N–H and O–H groups in total. The van der Waals surface area contributed by atoms with Gasteiger partial charge in [0.05, 0.1) is 0 Å². The summed E-state index contributed by atoms with van der Waals surface area (Å²) in [5.74, 6) is 0. The van der Waals surface area contributed by atoms with Gasteiger partial charge in [0, 0.05) is 0 Å². The summed E-state index contributed by atoms with van der Waals surface area (Å²) in [6.45, 7) is 4.51. The molecule has 0 saturated heterocycles. The molecule has 0 rings (SSSR count). The SMILES string of the molecule is CCCCCCCC/C(C)=C/SC. The van der Waals surface area contributed by atoms with Gasteiger partial charge in [-0.1, -0.05) is 44.6 Å². The van der Waals surface area contributed by atoms with Crippen LogP contribution in [0.4, 0.5) is 0 Å². The lowest BCUT2D eigenvalue weighted by Gasteiger charge is -2.01. The van der Waals surface area contributed by atoms with Crippen molar-refractivity contribution in [2.75, 3.05) is 6.26 Å². The van der Waals surface area contributed by atoms with Crippen LogP contribution in [0.2, 0.25) is 0 Å². The fourth-order valence-electron chi connectivity index (χ4n) is 1.44. The van der Waals surface area contributed by atoms with Crippen LogP contribution in [0.25, 0.3) is 0 Å². The molecule has 0 aromatic heterocycles. The Hall–Kier alpha value is 0.0900. The van der Waals surface area contributed by atoms with Crippen LogP contribution in [0.15, 0.2) is 11.0 Å². The Morgan fingerprint density at radius 3 is 2.31 bits per heavy atom. The monoisotopic (exact) mass is 200 g/mol. The minimum atomic E-state index is 1.30. The van der Waals surface area contributed by atoms with Crippen LogP contribution in [0.3, 0.4) is 0 Å². The van der Waals surface area contributed by atoms with Crippen molar-refractivity contribution in [3.63, 3.8) is 0 Å². The van der Waals surface area contributed by atoms with E-state index in [4.69, 9.17) is 0 Å². The molecule has 0 spiro atoms. The first-order valence-electron chi connectivity index (χ1n) is 5.49. The van der Waals surface area contributed by atoms with Crippen molar-refractivity contribution in [3.8, 4) is 0 Å². The second-order valence-corrected chi connectivity index (χ2v) is 4.42. The molecule has 0 saturated carbocycles. The van der Waals surface area contributed by atoms with Crippen LogP contribution in [-0.2, 0) is 0 Å². The van der Waals surface area contributed by atoms with Gasteiger partial charge < -0.3 is 0 Å². The van der Waals surface area contributed by atoms with Crippen LogP contribution >= 0.6 is 11.8 Å². The van der Waals surface area contributed by atoms with Gasteiger partial charge in [-0.25, -0.2) is 0 Å². The van der Waals surface area contributed by atoms with Gasteiger partial charge in [0.2, 0.25) is 0 Å². The number of allylic oxidation sites excluding steroid dienone is 1. The molecule has 1 heteroatoms. The summed E-state index contributed by atoms with van der Waals surface area (Å²) >= 11 is 1.82. The van der Waals surface area contributed by atoms with Crippen molar-refractivity contribution in [3.05, 3.63) is 11.0 Å². The third-order valence-electron chi connectivity index (χ3n) is 2.24. The third-order valence-corrected chi connectivity index (χ3v) is 2.88. The number of hydrogen-bond acceptors (Lipinski definition) is 1. The Morgan fingerprint density at radius 2 is 1.69 bits per heavy atom. The summed E-state index contributed by atoms with van der Waals surface area (Å²) in [7, 11) is 0. The first kappa shape index (κ1) is 13.1. The lowest BCUT2D eigenvalue weighted by atomic mass is 10.1. The molecule has 0 atom stereocenters. The second-order valence-electron chi connectivity index (χ2n) is 3.72. The van der Waals surface area contributed by atoms with Crippen molar-refractivity contribution < 1.29 is 0 Å². The smallest absolute Gasteiger partial charge is 0.0142 e. The van der Waals surface area contributed by atoms with E-state index < -0.39 is 0 Å². The van der Waals surface area contributed by atoms with Gasteiger partial charge in [-0.2, -0.15) is 0 Å². The van der Waals surface area contributed by atoms with Crippen molar-refractivity contribution in [2.45, 2.75) is 58.8 Å². The molecule has 0 nitrogen and oxygen atoms in total. The van der Waals surface area contributed by atoms with E-state index in [1.54, 1.807) is 5.57 Å². The normalized spacial score (nSPS) is 12.1. The van der Waals surface area contributed by atoms with Crippen LogP contribution in [0.1, 0.15) is 58.8 Å². The number of hydrogen-bond donors (Lipinski definition) is 0. The highest BCUT2D eigenvalue weighted by atomic mass is 32.2. The lowest BCUT2D eigenvalue weighted by molar-refractivity contribution is 0.606. The van der Waals surface area contributed by atoms with Crippen molar-refractivity contribution in [1.29, 1.82) is 0 Å². The van der Waals surface area contributed by atoms with Crippen molar-refractivity contribution in [2.24, 2.45) is 0 Å². The quantitative estimate of drug-likeness (QED) is 0.497. The molecule has 0 bridgehead atoms. The Balaban J connectivity index is 3.11. The Kier molecular flexibility index (Phi) is 10.2. The minimum Gasteiger partial charge on any atom is -0.138 e. The largest absolute Gasteiger partial charge is 0.138 e. The number of thioether (sulfide) groups is 1. The zero-order valence-corrected chi connectivity index (χ0v) is 10.3. The van der Waals surface area contributed by atoms with Gasteiger partial charge in [0.25, 0.3) is 0 Å². The molecule has 0 aliphatic heterocycles. The van der Waals surface area contributed by atoms with Gasteiger partial charge in [-0.15, -0.1) is 11.8 Å². The Bertz CT molecular complexity index is 127. The predicted molar refractivity (Wildman–Crippen MR) is 65.3 cm³/mol. The summed E-state index contributed by atoms with van der Waals surface area (Å²) in [5.41, 5.74) is 1.54. The fraction of sp³-hybridized carbons (Fsp3) is 0.833. The van der Waals surface area contributed by atoms with Gasteiger partial charge in [-0.05, 0) is 31.4 Å². The van der Waals surface area contributed by atoms with Crippen LogP contribution in [0, 0.1) is 0 Å². The summed E-state index contributed by atoms with van der Waals surface area (Å²) in [5, 5.41) is 2.27. The van der Waals surface area contributed by atoms with Crippen molar-refractivity contribution >= 4 is 11.8 Å². The average molecular weight is 200 g/mol. The van der Waals surface area contributed by atoms with Gasteiger partial charge in [-0.3, -0.25) is 0 Å². The summed E-state index contributed by atoms with van der Waals surface area (Å²) in [6, 6.07) is 0. The summed E-state index contributed by atoms with van der Waals surface area (Å²) in [4.78, 5) is 0. The maximum atomic E-state index is 2.27. The minimum absolute atomic E-state index is 1.30. The molecule has 0 heterocycles. The number of rotatable bonds is 8. The maximum absolute atomic E-state index is 2.27. The molecule has 0 aliphatic rings. The molecular weight excluding hydrogens is 176 g/mol. The Labute approximate surface area is 88.2 Å².